The van der Waals surface area contributed by atoms with E-state index in [1.165, 1.54) is 0 Å². The number of aliphatic hydroxyl groups excluding tert-OH is 1. The van der Waals surface area contributed by atoms with Crippen LogP contribution in [0.4, 0.5) is 0 Å². The van der Waals surface area contributed by atoms with Gasteiger partial charge in [-0.1, -0.05) is 28.1 Å². The third-order valence-electron chi connectivity index (χ3n) is 3.01. The molecule has 96 valence electrons. The lowest BCUT2D eigenvalue weighted by atomic mass is 10.0. The van der Waals surface area contributed by atoms with Gasteiger partial charge in [0, 0.05) is 23.6 Å². The van der Waals surface area contributed by atoms with Crippen molar-refractivity contribution < 1.29 is 5.11 Å². The Labute approximate surface area is 116 Å². The van der Waals surface area contributed by atoms with Crippen molar-refractivity contribution in [3.63, 3.8) is 0 Å². The van der Waals surface area contributed by atoms with Crippen LogP contribution in [0.5, 0.6) is 0 Å². The number of halogens is 1. The molecule has 1 N–H and O–H groups in total. The minimum absolute atomic E-state index is 0.480. The van der Waals surface area contributed by atoms with Gasteiger partial charge in [-0.15, -0.1) is 0 Å². The molecule has 0 fully saturated rings. The average molecular weight is 309 g/mol. The molecule has 18 heavy (non-hydrogen) atoms. The lowest BCUT2D eigenvalue weighted by molar-refractivity contribution is 0.178. The lowest BCUT2D eigenvalue weighted by Gasteiger charge is -2.11. The third-order valence-corrected chi connectivity index (χ3v) is 3.90. The molecular formula is C14H17BrN2O. The maximum atomic E-state index is 10.2. The molecule has 0 aliphatic rings. The highest BCUT2D eigenvalue weighted by atomic mass is 79.9. The minimum Gasteiger partial charge on any atom is -0.388 e. The molecule has 0 radical (unpaired) electrons. The van der Waals surface area contributed by atoms with Crippen LogP contribution >= 0.6 is 15.9 Å². The molecule has 0 bridgehead atoms. The molecule has 2 aromatic rings. The molecule has 1 unspecified atom stereocenters. The van der Waals surface area contributed by atoms with Gasteiger partial charge in [-0.05, 0) is 36.6 Å². The van der Waals surface area contributed by atoms with Gasteiger partial charge >= 0.3 is 0 Å². The van der Waals surface area contributed by atoms with Crippen LogP contribution in [0.2, 0.25) is 0 Å². The summed E-state index contributed by atoms with van der Waals surface area (Å²) in [5.41, 5.74) is 3.14. The standard InChI is InChI=1S/C14H17BrN2O/c1-3-17-9-11(8-16-17)7-14(18)12-4-5-13(15)10(2)6-12/h4-6,8-9,14,18H,3,7H2,1-2H3. The van der Waals surface area contributed by atoms with E-state index in [0.717, 1.165) is 27.7 Å². The summed E-state index contributed by atoms with van der Waals surface area (Å²) in [6, 6.07) is 5.94. The number of aliphatic hydroxyl groups is 1. The van der Waals surface area contributed by atoms with Gasteiger partial charge in [0.15, 0.2) is 0 Å². The first-order chi connectivity index (χ1) is 8.60. The number of nitrogens with zero attached hydrogens (tertiary/aromatic N) is 2. The Balaban J connectivity index is 2.11. The van der Waals surface area contributed by atoms with Crippen LogP contribution in [0.25, 0.3) is 0 Å². The highest BCUT2D eigenvalue weighted by Gasteiger charge is 2.11. The molecule has 1 aromatic heterocycles. The van der Waals surface area contributed by atoms with E-state index in [9.17, 15) is 5.11 Å². The van der Waals surface area contributed by atoms with Crippen molar-refractivity contribution in [2.24, 2.45) is 0 Å². The van der Waals surface area contributed by atoms with Crippen molar-refractivity contribution in [2.75, 3.05) is 0 Å². The van der Waals surface area contributed by atoms with E-state index in [1.54, 1.807) is 0 Å². The maximum Gasteiger partial charge on any atom is 0.0831 e. The molecular weight excluding hydrogens is 292 g/mol. The van der Waals surface area contributed by atoms with Crippen molar-refractivity contribution in [3.05, 3.63) is 51.8 Å². The first kappa shape index (κ1) is 13.3. The predicted octanol–water partition coefficient (Wildman–Crippen LogP) is 3.25. The van der Waals surface area contributed by atoms with Gasteiger partial charge in [0.25, 0.3) is 0 Å². The Kier molecular flexibility index (Phi) is 4.19. The summed E-state index contributed by atoms with van der Waals surface area (Å²) in [5, 5.41) is 14.4. The zero-order valence-electron chi connectivity index (χ0n) is 10.6. The van der Waals surface area contributed by atoms with Crippen LogP contribution < -0.4 is 0 Å². The molecule has 1 atom stereocenters. The molecule has 0 aliphatic carbocycles. The summed E-state index contributed by atoms with van der Waals surface area (Å²) in [6.07, 6.45) is 3.92. The number of benzene rings is 1. The summed E-state index contributed by atoms with van der Waals surface area (Å²) < 4.78 is 2.94. The fourth-order valence-corrected chi connectivity index (χ4v) is 2.15. The highest BCUT2D eigenvalue weighted by Crippen LogP contribution is 2.23. The van der Waals surface area contributed by atoms with Crippen LogP contribution in [-0.2, 0) is 13.0 Å². The highest BCUT2D eigenvalue weighted by molar-refractivity contribution is 9.10. The molecule has 4 heteroatoms. The van der Waals surface area contributed by atoms with Crippen molar-refractivity contribution in [2.45, 2.75) is 32.9 Å². The number of rotatable bonds is 4. The van der Waals surface area contributed by atoms with Crippen LogP contribution in [0.1, 0.15) is 29.7 Å². The summed E-state index contributed by atoms with van der Waals surface area (Å²) in [7, 11) is 0. The van der Waals surface area contributed by atoms with Gasteiger partial charge in [-0.3, -0.25) is 4.68 Å². The van der Waals surface area contributed by atoms with E-state index in [1.807, 2.05) is 49.1 Å². The monoisotopic (exact) mass is 308 g/mol. The van der Waals surface area contributed by atoms with Crippen LogP contribution in [0, 0.1) is 6.92 Å². The normalized spacial score (nSPS) is 12.7. The van der Waals surface area contributed by atoms with Crippen LogP contribution in [-0.4, -0.2) is 14.9 Å². The molecule has 0 saturated heterocycles. The number of hydrogen-bond acceptors (Lipinski definition) is 2. The summed E-state index contributed by atoms with van der Waals surface area (Å²) in [5.74, 6) is 0. The molecule has 1 aromatic carbocycles. The number of aromatic nitrogens is 2. The second kappa shape index (κ2) is 5.67. The largest absolute Gasteiger partial charge is 0.388 e. The molecule has 0 aliphatic heterocycles. The van der Waals surface area contributed by atoms with Gasteiger partial charge < -0.3 is 5.11 Å². The van der Waals surface area contributed by atoms with Crippen LogP contribution in [0.3, 0.4) is 0 Å². The van der Waals surface area contributed by atoms with Gasteiger partial charge in [0.1, 0.15) is 0 Å². The molecule has 0 saturated carbocycles. The summed E-state index contributed by atoms with van der Waals surface area (Å²) in [4.78, 5) is 0. The Bertz CT molecular complexity index is 536. The maximum absolute atomic E-state index is 10.2. The van der Waals surface area contributed by atoms with Crippen molar-refractivity contribution in [1.82, 2.24) is 9.78 Å². The Morgan fingerprint density at radius 1 is 1.44 bits per heavy atom. The lowest BCUT2D eigenvalue weighted by Crippen LogP contribution is -2.01. The van der Waals surface area contributed by atoms with Gasteiger partial charge in [-0.2, -0.15) is 5.10 Å². The topological polar surface area (TPSA) is 38.0 Å². The first-order valence-corrected chi connectivity index (χ1v) is 6.85. The number of aryl methyl sites for hydroxylation is 2. The van der Waals surface area contributed by atoms with E-state index in [-0.39, 0.29) is 0 Å². The van der Waals surface area contributed by atoms with E-state index < -0.39 is 6.10 Å². The van der Waals surface area contributed by atoms with E-state index in [4.69, 9.17) is 0 Å². The second-order valence-electron chi connectivity index (χ2n) is 4.43. The Hall–Kier alpha value is -1.13. The molecule has 0 spiro atoms. The van der Waals surface area contributed by atoms with Crippen LogP contribution in [0.15, 0.2) is 35.1 Å². The zero-order valence-corrected chi connectivity index (χ0v) is 12.2. The third kappa shape index (κ3) is 3.00. The average Bonchev–Trinajstić information content (AvgIpc) is 2.80. The Morgan fingerprint density at radius 3 is 2.83 bits per heavy atom. The molecule has 2 rings (SSSR count). The number of hydrogen-bond donors (Lipinski definition) is 1. The zero-order chi connectivity index (χ0) is 13.1. The van der Waals surface area contributed by atoms with E-state index in [0.29, 0.717) is 6.42 Å². The summed E-state index contributed by atoms with van der Waals surface area (Å²) >= 11 is 3.46. The fraction of sp³-hybridized carbons (Fsp3) is 0.357. The molecule has 0 amide bonds. The quantitative estimate of drug-likeness (QED) is 0.941. The fourth-order valence-electron chi connectivity index (χ4n) is 1.90. The van der Waals surface area contributed by atoms with E-state index in [2.05, 4.69) is 21.0 Å². The smallest absolute Gasteiger partial charge is 0.0831 e. The van der Waals surface area contributed by atoms with Gasteiger partial charge in [0.05, 0.1) is 12.3 Å². The van der Waals surface area contributed by atoms with Gasteiger partial charge in [0.2, 0.25) is 0 Å². The van der Waals surface area contributed by atoms with Crippen molar-refractivity contribution in [1.29, 1.82) is 0 Å². The Morgan fingerprint density at radius 2 is 2.22 bits per heavy atom. The van der Waals surface area contributed by atoms with E-state index >= 15 is 0 Å². The van der Waals surface area contributed by atoms with Crippen molar-refractivity contribution in [3.8, 4) is 0 Å². The molecule has 1 heterocycles. The minimum atomic E-state index is -0.480. The molecule has 3 nitrogen and oxygen atoms in total. The second-order valence-corrected chi connectivity index (χ2v) is 5.29. The first-order valence-electron chi connectivity index (χ1n) is 6.05. The predicted molar refractivity (Wildman–Crippen MR) is 75.4 cm³/mol. The summed E-state index contributed by atoms with van der Waals surface area (Å²) in [6.45, 7) is 4.92. The van der Waals surface area contributed by atoms with Crippen molar-refractivity contribution >= 4 is 15.9 Å². The van der Waals surface area contributed by atoms with Gasteiger partial charge in [-0.25, -0.2) is 0 Å². The SMILES string of the molecule is CCn1cc(CC(O)c2ccc(Br)c(C)c2)cn1.